The molecule has 0 amide bonds. The minimum Gasteiger partial charge on any atom is -0.387 e. The van der Waals surface area contributed by atoms with Crippen LogP contribution in [0, 0.1) is 16.7 Å². The van der Waals surface area contributed by atoms with Crippen molar-refractivity contribution in [3.8, 4) is 6.07 Å². The van der Waals surface area contributed by atoms with Gasteiger partial charge in [-0.05, 0) is 6.07 Å². The van der Waals surface area contributed by atoms with Crippen molar-refractivity contribution < 1.29 is 0 Å². The van der Waals surface area contributed by atoms with Gasteiger partial charge >= 0.3 is 0 Å². The van der Waals surface area contributed by atoms with Gasteiger partial charge in [0.1, 0.15) is 28.6 Å². The molecule has 0 spiro atoms. The lowest BCUT2D eigenvalue weighted by molar-refractivity contribution is 1.04. The summed E-state index contributed by atoms with van der Waals surface area (Å²) in [6, 6.07) is 3.22. The summed E-state index contributed by atoms with van der Waals surface area (Å²) in [5.74, 6) is 1.49. The smallest absolute Gasteiger partial charge is 0.145 e. The first-order valence-corrected chi connectivity index (χ1v) is 6.08. The van der Waals surface area contributed by atoms with Crippen molar-refractivity contribution >= 4 is 46.5 Å². The number of anilines is 1. The normalized spacial score (nSPS) is 7.89. The maximum absolute atomic E-state index is 7.66. The first-order valence-electron chi connectivity index (χ1n) is 4.64. The fourth-order valence-electron chi connectivity index (χ4n) is 0.479. The van der Waals surface area contributed by atoms with Crippen molar-refractivity contribution in [3.63, 3.8) is 0 Å². The van der Waals surface area contributed by atoms with Crippen LogP contribution in [-0.2, 0) is 5.88 Å². The monoisotopic (exact) mass is 322 g/mol. The molecule has 1 aromatic rings. The van der Waals surface area contributed by atoms with Crippen LogP contribution in [0.1, 0.15) is 5.82 Å². The molecule has 0 unspecified atom stereocenters. The third-order valence-electron chi connectivity index (χ3n) is 1.11. The van der Waals surface area contributed by atoms with Crippen LogP contribution in [0.5, 0.6) is 0 Å². The molecule has 1 heterocycles. The number of alkyl halides is 2. The number of aromatic nitrogens is 2. The molecule has 0 radical (unpaired) electrons. The largest absolute Gasteiger partial charge is 0.387 e. The van der Waals surface area contributed by atoms with Crippen LogP contribution >= 0.6 is 34.8 Å². The first kappa shape index (κ1) is 19.8. The average molecular weight is 324 g/mol. The van der Waals surface area contributed by atoms with Gasteiger partial charge in [0.25, 0.3) is 0 Å². The molecule has 0 aliphatic carbocycles. The number of hydrogen-bond acceptors (Lipinski definition) is 5. The fourth-order valence-corrected chi connectivity index (χ4v) is 0.608. The van der Waals surface area contributed by atoms with Crippen LogP contribution in [-0.4, -0.2) is 21.7 Å². The first-order chi connectivity index (χ1) is 8.87. The number of hydrogen-bond donors (Lipinski definition) is 3. The van der Waals surface area contributed by atoms with Gasteiger partial charge in [0, 0.05) is 6.20 Å². The van der Waals surface area contributed by atoms with Crippen LogP contribution < -0.4 is 11.5 Å². The van der Waals surface area contributed by atoms with Gasteiger partial charge < -0.3 is 11.5 Å². The topological polar surface area (TPSA) is 125 Å². The zero-order valence-corrected chi connectivity index (χ0v) is 12.2. The molecule has 0 aliphatic heterocycles. The minimum absolute atomic E-state index is 0.0201. The van der Waals surface area contributed by atoms with Crippen molar-refractivity contribution in [2.24, 2.45) is 5.73 Å². The van der Waals surface area contributed by atoms with E-state index in [-0.39, 0.29) is 16.7 Å². The van der Waals surface area contributed by atoms with Crippen LogP contribution in [0.15, 0.2) is 23.9 Å². The SMILES string of the molecule is C=C(Cl)C#N.N=C(N)CCl.Nc1ccnc(CCl)n1. The van der Waals surface area contributed by atoms with E-state index < -0.39 is 0 Å². The van der Waals surface area contributed by atoms with Crippen molar-refractivity contribution in [2.75, 3.05) is 11.6 Å². The highest BCUT2D eigenvalue weighted by Crippen LogP contribution is 1.97. The van der Waals surface area contributed by atoms with E-state index >= 15 is 0 Å². The Morgan fingerprint density at radius 3 is 2.21 bits per heavy atom. The Hall–Kier alpha value is -1.55. The Balaban J connectivity index is 0. The molecule has 5 N–H and O–H groups in total. The molecule has 0 bridgehead atoms. The fraction of sp³-hybridized carbons (Fsp3) is 0.200. The molecule has 9 heteroatoms. The predicted molar refractivity (Wildman–Crippen MR) is 79.2 cm³/mol. The van der Waals surface area contributed by atoms with Gasteiger partial charge in [0.05, 0.1) is 11.8 Å². The maximum atomic E-state index is 7.66. The Bertz CT molecular complexity index is 443. The second-order valence-corrected chi connectivity index (χ2v) is 3.70. The number of halogens is 3. The van der Waals surface area contributed by atoms with Gasteiger partial charge in [0.15, 0.2) is 0 Å². The number of nitrogens with zero attached hydrogens (tertiary/aromatic N) is 3. The third kappa shape index (κ3) is 16.4. The number of nitrogen functional groups attached to an aromatic ring is 1. The van der Waals surface area contributed by atoms with E-state index in [1.807, 2.05) is 0 Å². The van der Waals surface area contributed by atoms with Gasteiger partial charge in [-0.1, -0.05) is 18.2 Å². The van der Waals surface area contributed by atoms with E-state index in [1.165, 1.54) is 0 Å². The zero-order valence-electron chi connectivity index (χ0n) is 9.91. The number of nitrogens with one attached hydrogen (secondary N) is 1. The van der Waals surface area contributed by atoms with Gasteiger partial charge in [-0.3, -0.25) is 5.41 Å². The van der Waals surface area contributed by atoms with E-state index in [4.69, 9.17) is 56.9 Å². The second kappa shape index (κ2) is 12.9. The highest BCUT2D eigenvalue weighted by Gasteiger charge is 1.90. The van der Waals surface area contributed by atoms with Crippen LogP contribution in [0.2, 0.25) is 0 Å². The van der Waals surface area contributed by atoms with Crippen molar-refractivity contribution in [3.05, 3.63) is 29.7 Å². The summed E-state index contributed by atoms with van der Waals surface area (Å²) < 4.78 is 0. The summed E-state index contributed by atoms with van der Waals surface area (Å²) in [5.41, 5.74) is 10.1. The lowest BCUT2D eigenvalue weighted by atomic mass is 10.5. The van der Waals surface area contributed by atoms with Crippen molar-refractivity contribution in [1.82, 2.24) is 9.97 Å². The van der Waals surface area contributed by atoms with Gasteiger partial charge in [-0.15, -0.1) is 23.2 Å². The van der Waals surface area contributed by atoms with E-state index in [0.29, 0.717) is 17.5 Å². The van der Waals surface area contributed by atoms with E-state index in [1.54, 1.807) is 18.3 Å². The number of nitriles is 1. The molecular formula is C10H13Cl3N6. The Labute approximate surface area is 126 Å². The van der Waals surface area contributed by atoms with Gasteiger partial charge in [-0.2, -0.15) is 5.26 Å². The van der Waals surface area contributed by atoms with Crippen LogP contribution in [0.25, 0.3) is 0 Å². The lowest BCUT2D eigenvalue weighted by Gasteiger charge is -1.92. The van der Waals surface area contributed by atoms with E-state index in [0.717, 1.165) is 0 Å². The summed E-state index contributed by atoms with van der Waals surface area (Å²) >= 11 is 15.3. The zero-order chi connectivity index (χ0) is 15.3. The van der Waals surface area contributed by atoms with Crippen LogP contribution in [0.4, 0.5) is 5.82 Å². The number of nitrogens with two attached hydrogens (primary N) is 2. The summed E-state index contributed by atoms with van der Waals surface area (Å²) in [6.45, 7) is 3.08. The quantitative estimate of drug-likeness (QED) is 0.333. The molecule has 1 aromatic heterocycles. The summed E-state index contributed by atoms with van der Waals surface area (Å²) in [5, 5.41) is 14.1. The highest BCUT2D eigenvalue weighted by molar-refractivity contribution is 6.31. The lowest BCUT2D eigenvalue weighted by Crippen LogP contribution is -2.09. The molecule has 0 aliphatic rings. The highest BCUT2D eigenvalue weighted by atomic mass is 35.5. The number of allylic oxidation sites excluding steroid dienone is 1. The van der Waals surface area contributed by atoms with E-state index in [9.17, 15) is 0 Å². The molecule has 0 fully saturated rings. The molecule has 0 saturated heterocycles. The Kier molecular flexibility index (Phi) is 13.4. The maximum Gasteiger partial charge on any atom is 0.145 e. The molecule has 0 saturated carbocycles. The van der Waals surface area contributed by atoms with Crippen LogP contribution in [0.3, 0.4) is 0 Å². The Morgan fingerprint density at radius 2 is 2.00 bits per heavy atom. The predicted octanol–water partition coefficient (Wildman–Crippen LogP) is 2.22. The minimum atomic E-state index is 0.0201. The standard InChI is InChI=1S/C5H6ClN3.C3H2ClN.C2H5ClN2/c6-3-5-8-2-1-4(7)9-5;1-3(4)2-5;3-1-2(4)5/h1-2H,3H2,(H2,7,8,9);1H2;1H2,(H3,4,5). The molecule has 6 nitrogen and oxygen atoms in total. The summed E-state index contributed by atoms with van der Waals surface area (Å²) in [4.78, 5) is 7.66. The van der Waals surface area contributed by atoms with Crippen molar-refractivity contribution in [2.45, 2.75) is 5.88 Å². The van der Waals surface area contributed by atoms with Gasteiger partial charge in [0.2, 0.25) is 0 Å². The molecule has 1 rings (SSSR count). The third-order valence-corrected chi connectivity index (χ3v) is 1.72. The molecule has 104 valence electrons. The van der Waals surface area contributed by atoms with Gasteiger partial charge in [-0.25, -0.2) is 9.97 Å². The number of amidine groups is 1. The Morgan fingerprint density at radius 1 is 1.53 bits per heavy atom. The summed E-state index contributed by atoms with van der Waals surface area (Å²) in [6.07, 6.45) is 1.58. The molecular weight excluding hydrogens is 311 g/mol. The summed E-state index contributed by atoms with van der Waals surface area (Å²) in [7, 11) is 0. The van der Waals surface area contributed by atoms with Crippen molar-refractivity contribution in [1.29, 1.82) is 10.7 Å². The molecule has 0 aromatic carbocycles. The second-order valence-electron chi connectivity index (χ2n) is 2.71. The molecule has 19 heavy (non-hydrogen) atoms. The molecule has 0 atom stereocenters. The average Bonchev–Trinajstić information content (AvgIpc) is 2.40. The number of rotatable bonds is 2. The van der Waals surface area contributed by atoms with E-state index in [2.05, 4.69) is 16.5 Å².